The molecule has 0 saturated heterocycles. The Hall–Kier alpha value is -1.17. The van der Waals surface area contributed by atoms with Gasteiger partial charge in [0.25, 0.3) is 0 Å². The lowest BCUT2D eigenvalue weighted by Gasteiger charge is -2.34. The van der Waals surface area contributed by atoms with Crippen molar-refractivity contribution < 1.29 is 9.59 Å². The quantitative estimate of drug-likeness (QED) is 0.597. The average Bonchev–Trinajstić information content (AvgIpc) is 2.26. The summed E-state index contributed by atoms with van der Waals surface area (Å²) in [6.45, 7) is -0.163. The van der Waals surface area contributed by atoms with Gasteiger partial charge in [0.05, 0.1) is 16.9 Å². The number of hydrogen-bond donors (Lipinski definition) is 3. The fourth-order valence-electron chi connectivity index (χ4n) is 2.08. The molecule has 1 rings (SSSR count). The topological polar surface area (TPSA) is 98.2 Å². The first-order valence-electron chi connectivity index (χ1n) is 5.35. The lowest BCUT2D eigenvalue weighted by atomic mass is 9.73. The van der Waals surface area contributed by atoms with E-state index in [2.05, 4.69) is 5.32 Å². The number of nitrogens with two attached hydrogens (primary N) is 2. The molecule has 0 radical (unpaired) electrons. The first-order chi connectivity index (χ1) is 7.49. The van der Waals surface area contributed by atoms with Gasteiger partial charge in [0, 0.05) is 0 Å². The highest BCUT2D eigenvalue weighted by Crippen LogP contribution is 2.36. The van der Waals surface area contributed by atoms with Crippen molar-refractivity contribution in [1.29, 1.82) is 0 Å². The van der Waals surface area contributed by atoms with Crippen LogP contribution in [0.1, 0.15) is 32.1 Å². The molecule has 5 nitrogen and oxygen atoms in total. The monoisotopic (exact) mass is 243 g/mol. The maximum Gasteiger partial charge on any atom is 0.236 e. The normalized spacial score (nSPS) is 18.8. The van der Waals surface area contributed by atoms with Crippen molar-refractivity contribution >= 4 is 29.0 Å². The van der Waals surface area contributed by atoms with E-state index >= 15 is 0 Å². The summed E-state index contributed by atoms with van der Waals surface area (Å²) in [4.78, 5) is 22.8. The maximum absolute atomic E-state index is 12.0. The molecule has 1 aliphatic carbocycles. The van der Waals surface area contributed by atoms with Crippen LogP contribution in [0.4, 0.5) is 0 Å². The smallest absolute Gasteiger partial charge is 0.236 e. The van der Waals surface area contributed by atoms with Gasteiger partial charge in [-0.15, -0.1) is 0 Å². The van der Waals surface area contributed by atoms with Crippen LogP contribution in [0.2, 0.25) is 0 Å². The SMILES string of the molecule is NC(=O)CNC(=O)C1(C(N)=S)CCCCC1. The summed E-state index contributed by atoms with van der Waals surface area (Å²) in [6, 6.07) is 0. The highest BCUT2D eigenvalue weighted by Gasteiger charge is 2.42. The van der Waals surface area contributed by atoms with Crippen LogP contribution < -0.4 is 16.8 Å². The zero-order chi connectivity index (χ0) is 12.2. The molecular weight excluding hydrogens is 226 g/mol. The van der Waals surface area contributed by atoms with Gasteiger partial charge in [0.2, 0.25) is 11.8 Å². The molecule has 0 aromatic rings. The summed E-state index contributed by atoms with van der Waals surface area (Å²) in [5.41, 5.74) is 9.86. The molecule has 1 saturated carbocycles. The second-order valence-corrected chi connectivity index (χ2v) is 4.60. The number of carbonyl (C=O) groups excluding carboxylic acids is 2. The predicted octanol–water partition coefficient (Wildman–Crippen LogP) is -0.176. The summed E-state index contributed by atoms with van der Waals surface area (Å²) in [7, 11) is 0. The molecule has 1 fully saturated rings. The Balaban J connectivity index is 2.72. The highest BCUT2D eigenvalue weighted by atomic mass is 32.1. The van der Waals surface area contributed by atoms with Gasteiger partial charge in [-0.05, 0) is 12.8 Å². The third kappa shape index (κ3) is 2.69. The van der Waals surface area contributed by atoms with E-state index in [9.17, 15) is 9.59 Å². The van der Waals surface area contributed by atoms with E-state index in [1.54, 1.807) is 0 Å². The number of nitrogens with one attached hydrogen (secondary N) is 1. The second-order valence-electron chi connectivity index (χ2n) is 4.16. The van der Waals surface area contributed by atoms with E-state index in [0.29, 0.717) is 12.8 Å². The average molecular weight is 243 g/mol. The van der Waals surface area contributed by atoms with Crippen molar-refractivity contribution in [3.63, 3.8) is 0 Å². The number of rotatable bonds is 4. The minimum absolute atomic E-state index is 0.163. The number of carbonyl (C=O) groups is 2. The Morgan fingerprint density at radius 1 is 1.19 bits per heavy atom. The van der Waals surface area contributed by atoms with Gasteiger partial charge < -0.3 is 16.8 Å². The minimum atomic E-state index is -0.775. The van der Waals surface area contributed by atoms with Gasteiger partial charge in [-0.25, -0.2) is 0 Å². The van der Waals surface area contributed by atoms with Crippen LogP contribution in [0.15, 0.2) is 0 Å². The Kier molecular flexibility index (Phi) is 4.23. The van der Waals surface area contributed by atoms with Crippen LogP contribution in [-0.4, -0.2) is 23.3 Å². The predicted molar refractivity (Wildman–Crippen MR) is 64.5 cm³/mol. The molecule has 0 unspecified atom stereocenters. The molecule has 0 aromatic heterocycles. The Labute approximate surface area is 99.9 Å². The van der Waals surface area contributed by atoms with Crippen molar-refractivity contribution in [3.05, 3.63) is 0 Å². The first kappa shape index (κ1) is 12.9. The zero-order valence-electron chi connectivity index (χ0n) is 9.12. The molecular formula is C10H17N3O2S. The molecule has 1 aliphatic rings. The molecule has 0 atom stereocenters. The van der Waals surface area contributed by atoms with Gasteiger partial charge in [0.1, 0.15) is 0 Å². The standard InChI is InChI=1S/C10H17N3O2S/c11-7(14)6-13-9(15)10(8(12)16)4-2-1-3-5-10/h1-6H2,(H2,11,14)(H2,12,16)(H,13,15). The molecule has 16 heavy (non-hydrogen) atoms. The number of primary amides is 1. The van der Waals surface area contributed by atoms with Crippen LogP contribution in [0.5, 0.6) is 0 Å². The van der Waals surface area contributed by atoms with Gasteiger partial charge in [-0.3, -0.25) is 9.59 Å². The largest absolute Gasteiger partial charge is 0.392 e. The Bertz CT molecular complexity index is 311. The maximum atomic E-state index is 12.0. The summed E-state index contributed by atoms with van der Waals surface area (Å²) >= 11 is 4.98. The lowest BCUT2D eigenvalue weighted by Crippen LogP contribution is -2.51. The first-order valence-corrected chi connectivity index (χ1v) is 5.76. The molecule has 0 heterocycles. The second kappa shape index (κ2) is 5.25. The van der Waals surface area contributed by atoms with Crippen molar-refractivity contribution in [2.24, 2.45) is 16.9 Å². The van der Waals surface area contributed by atoms with Gasteiger partial charge in [-0.2, -0.15) is 0 Å². The van der Waals surface area contributed by atoms with Crippen LogP contribution >= 0.6 is 12.2 Å². The fraction of sp³-hybridized carbons (Fsp3) is 0.700. The molecule has 6 heteroatoms. The van der Waals surface area contributed by atoms with E-state index in [4.69, 9.17) is 23.7 Å². The molecule has 0 aliphatic heterocycles. The fourth-order valence-corrected chi connectivity index (χ4v) is 2.37. The molecule has 2 amide bonds. The number of thiocarbonyl (C=S) groups is 1. The van der Waals surface area contributed by atoms with Crippen molar-refractivity contribution in [3.8, 4) is 0 Å². The van der Waals surface area contributed by atoms with E-state index in [1.807, 2.05) is 0 Å². The Morgan fingerprint density at radius 3 is 2.19 bits per heavy atom. The number of hydrogen-bond acceptors (Lipinski definition) is 3. The van der Waals surface area contributed by atoms with E-state index in [1.165, 1.54) is 0 Å². The van der Waals surface area contributed by atoms with Crippen molar-refractivity contribution in [2.45, 2.75) is 32.1 Å². The third-order valence-electron chi connectivity index (χ3n) is 3.04. The van der Waals surface area contributed by atoms with Gasteiger partial charge in [0.15, 0.2) is 0 Å². The van der Waals surface area contributed by atoms with Gasteiger partial charge in [-0.1, -0.05) is 31.5 Å². The van der Waals surface area contributed by atoms with Crippen molar-refractivity contribution in [1.82, 2.24) is 5.32 Å². The zero-order valence-corrected chi connectivity index (χ0v) is 9.94. The van der Waals surface area contributed by atoms with Crippen LogP contribution in [0.3, 0.4) is 0 Å². The van der Waals surface area contributed by atoms with Gasteiger partial charge >= 0.3 is 0 Å². The summed E-state index contributed by atoms with van der Waals surface area (Å²) in [5.74, 6) is -0.833. The summed E-state index contributed by atoms with van der Waals surface area (Å²) in [5, 5.41) is 2.49. The highest BCUT2D eigenvalue weighted by molar-refractivity contribution is 7.80. The molecule has 0 bridgehead atoms. The van der Waals surface area contributed by atoms with E-state index in [-0.39, 0.29) is 17.4 Å². The summed E-state index contributed by atoms with van der Waals surface area (Å²) in [6.07, 6.45) is 4.27. The van der Waals surface area contributed by atoms with E-state index < -0.39 is 11.3 Å². The summed E-state index contributed by atoms with van der Waals surface area (Å²) < 4.78 is 0. The van der Waals surface area contributed by atoms with Crippen LogP contribution in [0.25, 0.3) is 0 Å². The number of amides is 2. The molecule has 90 valence electrons. The Morgan fingerprint density at radius 2 is 1.75 bits per heavy atom. The third-order valence-corrected chi connectivity index (χ3v) is 3.43. The van der Waals surface area contributed by atoms with Crippen molar-refractivity contribution in [2.75, 3.05) is 6.54 Å². The molecule has 5 N–H and O–H groups in total. The lowest BCUT2D eigenvalue weighted by molar-refractivity contribution is -0.130. The van der Waals surface area contributed by atoms with Crippen LogP contribution in [0, 0.1) is 5.41 Å². The molecule has 0 spiro atoms. The van der Waals surface area contributed by atoms with Crippen LogP contribution in [-0.2, 0) is 9.59 Å². The molecule has 0 aromatic carbocycles. The van der Waals surface area contributed by atoms with E-state index in [0.717, 1.165) is 19.3 Å². The minimum Gasteiger partial charge on any atom is -0.392 e.